The zero-order valence-corrected chi connectivity index (χ0v) is 10.3. The van der Waals surface area contributed by atoms with Crippen molar-refractivity contribution in [2.45, 2.75) is 38.5 Å². The van der Waals surface area contributed by atoms with Gasteiger partial charge in [0.15, 0.2) is 0 Å². The van der Waals surface area contributed by atoms with Crippen LogP contribution in [0.2, 0.25) is 0 Å². The number of rotatable bonds is 6. The zero-order valence-electron chi connectivity index (χ0n) is 10.3. The fourth-order valence-electron chi connectivity index (χ4n) is 1.80. The molecule has 96 valence electrons. The number of carbonyl (C=O) groups excluding carboxylic acids is 2. The first-order chi connectivity index (χ1) is 8.24. The molecular weight excluding hydrogens is 220 g/mol. The largest absolute Gasteiger partial charge is 0.469 e. The molecule has 1 saturated heterocycles. The molecule has 0 bridgehead atoms. The molecule has 1 rings (SSSR count). The van der Waals surface area contributed by atoms with Gasteiger partial charge in [-0.15, -0.1) is 0 Å². The maximum absolute atomic E-state index is 11.3. The molecule has 4 heteroatoms. The Hall–Kier alpha value is -1.32. The Balaban J connectivity index is 2.08. The summed E-state index contributed by atoms with van der Waals surface area (Å²) < 4.78 is 9.52. The third kappa shape index (κ3) is 5.52. The van der Waals surface area contributed by atoms with Crippen molar-refractivity contribution in [2.24, 2.45) is 5.92 Å². The van der Waals surface area contributed by atoms with Crippen LogP contribution in [0.5, 0.6) is 0 Å². The molecule has 0 radical (unpaired) electrons. The minimum absolute atomic E-state index is 0.0283. The number of esters is 2. The molecule has 0 amide bonds. The standard InChI is InChI=1S/C13H20O4/c1-16-12(14)9-5-3-2-4-7-11-8-6-10-17-13(11)15/h2,4,11H,3,5-10H2,1H3/b4-2+/t11-/m0/s1. The first kappa shape index (κ1) is 13.7. The second kappa shape index (κ2) is 7.87. The predicted octanol–water partition coefficient (Wildman–Crippen LogP) is 2.23. The van der Waals surface area contributed by atoms with Crippen molar-refractivity contribution >= 4 is 11.9 Å². The molecule has 1 heterocycles. The van der Waals surface area contributed by atoms with Crippen LogP contribution in [0.15, 0.2) is 12.2 Å². The summed E-state index contributed by atoms with van der Waals surface area (Å²) in [5, 5.41) is 0. The summed E-state index contributed by atoms with van der Waals surface area (Å²) in [5.74, 6) is -0.217. The van der Waals surface area contributed by atoms with E-state index in [-0.39, 0.29) is 17.9 Å². The SMILES string of the molecule is COC(=O)CCC/C=C/C[C@H]1CCCOC1=O. The lowest BCUT2D eigenvalue weighted by Gasteiger charge is -2.19. The van der Waals surface area contributed by atoms with Crippen molar-refractivity contribution in [3.05, 3.63) is 12.2 Å². The molecule has 1 aliphatic rings. The summed E-state index contributed by atoms with van der Waals surface area (Å²) in [5.41, 5.74) is 0. The number of carbonyl (C=O) groups is 2. The smallest absolute Gasteiger partial charge is 0.309 e. The monoisotopic (exact) mass is 240 g/mol. The number of cyclic esters (lactones) is 1. The second-order valence-corrected chi connectivity index (χ2v) is 4.18. The number of unbranched alkanes of at least 4 members (excludes halogenated alkanes) is 1. The van der Waals surface area contributed by atoms with Crippen molar-refractivity contribution in [1.29, 1.82) is 0 Å². The fraction of sp³-hybridized carbons (Fsp3) is 0.692. The molecule has 1 fully saturated rings. The van der Waals surface area contributed by atoms with Crippen LogP contribution in [0.3, 0.4) is 0 Å². The molecular formula is C13H20O4. The van der Waals surface area contributed by atoms with E-state index in [1.54, 1.807) is 0 Å². The van der Waals surface area contributed by atoms with E-state index >= 15 is 0 Å². The number of ether oxygens (including phenoxy) is 2. The highest BCUT2D eigenvalue weighted by atomic mass is 16.5. The van der Waals surface area contributed by atoms with Crippen LogP contribution in [0.1, 0.15) is 38.5 Å². The minimum Gasteiger partial charge on any atom is -0.469 e. The van der Waals surface area contributed by atoms with Gasteiger partial charge in [-0.05, 0) is 32.1 Å². The molecule has 4 nitrogen and oxygen atoms in total. The Morgan fingerprint density at radius 2 is 2.35 bits per heavy atom. The van der Waals surface area contributed by atoms with Gasteiger partial charge >= 0.3 is 11.9 Å². The molecule has 1 aliphatic heterocycles. The third-order valence-electron chi connectivity index (χ3n) is 2.84. The highest BCUT2D eigenvalue weighted by Crippen LogP contribution is 2.19. The first-order valence-corrected chi connectivity index (χ1v) is 6.12. The van der Waals surface area contributed by atoms with Gasteiger partial charge in [-0.3, -0.25) is 9.59 Å². The van der Waals surface area contributed by atoms with Gasteiger partial charge in [0, 0.05) is 6.42 Å². The zero-order chi connectivity index (χ0) is 12.5. The van der Waals surface area contributed by atoms with Crippen LogP contribution in [0.4, 0.5) is 0 Å². The van der Waals surface area contributed by atoms with Crippen LogP contribution in [0.25, 0.3) is 0 Å². The van der Waals surface area contributed by atoms with E-state index < -0.39 is 0 Å². The lowest BCUT2D eigenvalue weighted by atomic mass is 9.97. The normalized spacial score (nSPS) is 20.3. The Bertz CT molecular complexity index is 283. The maximum Gasteiger partial charge on any atom is 0.309 e. The van der Waals surface area contributed by atoms with Gasteiger partial charge < -0.3 is 9.47 Å². The molecule has 0 N–H and O–H groups in total. The van der Waals surface area contributed by atoms with E-state index in [0.717, 1.165) is 32.1 Å². The van der Waals surface area contributed by atoms with Crippen LogP contribution in [-0.4, -0.2) is 25.7 Å². The number of methoxy groups -OCH3 is 1. The molecule has 0 aliphatic carbocycles. The van der Waals surface area contributed by atoms with Gasteiger partial charge in [-0.25, -0.2) is 0 Å². The summed E-state index contributed by atoms with van der Waals surface area (Å²) in [4.78, 5) is 22.2. The Labute approximate surface area is 102 Å². The van der Waals surface area contributed by atoms with Crippen molar-refractivity contribution in [3.63, 3.8) is 0 Å². The van der Waals surface area contributed by atoms with Crippen LogP contribution >= 0.6 is 0 Å². The third-order valence-corrected chi connectivity index (χ3v) is 2.84. The van der Waals surface area contributed by atoms with E-state index in [1.165, 1.54) is 7.11 Å². The highest BCUT2D eigenvalue weighted by molar-refractivity contribution is 5.73. The summed E-state index contributed by atoms with van der Waals surface area (Å²) in [7, 11) is 1.40. The molecule has 0 spiro atoms. The molecule has 17 heavy (non-hydrogen) atoms. The maximum atomic E-state index is 11.3. The summed E-state index contributed by atoms with van der Waals surface area (Å²) >= 11 is 0. The number of allylic oxidation sites excluding steroid dienone is 2. The Kier molecular flexibility index (Phi) is 6.37. The van der Waals surface area contributed by atoms with Gasteiger partial charge in [0.25, 0.3) is 0 Å². The van der Waals surface area contributed by atoms with E-state index in [0.29, 0.717) is 13.0 Å². The predicted molar refractivity (Wildman–Crippen MR) is 63.3 cm³/mol. The number of hydrogen-bond donors (Lipinski definition) is 0. The molecule has 1 atom stereocenters. The molecule has 0 aromatic heterocycles. The van der Waals surface area contributed by atoms with Crippen molar-refractivity contribution in [1.82, 2.24) is 0 Å². The summed E-state index contributed by atoms with van der Waals surface area (Å²) in [6, 6.07) is 0. The van der Waals surface area contributed by atoms with Crippen LogP contribution in [-0.2, 0) is 19.1 Å². The summed E-state index contributed by atoms with van der Waals surface area (Å²) in [6.45, 7) is 0.568. The lowest BCUT2D eigenvalue weighted by Crippen LogP contribution is -2.23. The fourth-order valence-corrected chi connectivity index (χ4v) is 1.80. The van der Waals surface area contributed by atoms with Gasteiger partial charge in [0.2, 0.25) is 0 Å². The molecule has 0 aromatic carbocycles. The van der Waals surface area contributed by atoms with Crippen LogP contribution in [0, 0.1) is 5.92 Å². The minimum atomic E-state index is -0.172. The first-order valence-electron chi connectivity index (χ1n) is 6.12. The second-order valence-electron chi connectivity index (χ2n) is 4.18. The van der Waals surface area contributed by atoms with Crippen molar-refractivity contribution in [3.8, 4) is 0 Å². The average Bonchev–Trinajstić information content (AvgIpc) is 2.35. The van der Waals surface area contributed by atoms with Crippen LogP contribution < -0.4 is 0 Å². The van der Waals surface area contributed by atoms with Crippen molar-refractivity contribution in [2.75, 3.05) is 13.7 Å². The van der Waals surface area contributed by atoms with Gasteiger partial charge in [0.05, 0.1) is 19.6 Å². The Morgan fingerprint density at radius 1 is 1.53 bits per heavy atom. The van der Waals surface area contributed by atoms with E-state index in [9.17, 15) is 9.59 Å². The molecule has 0 aromatic rings. The van der Waals surface area contributed by atoms with Gasteiger partial charge in [0.1, 0.15) is 0 Å². The van der Waals surface area contributed by atoms with E-state index in [1.807, 2.05) is 12.2 Å². The van der Waals surface area contributed by atoms with Crippen molar-refractivity contribution < 1.29 is 19.1 Å². The van der Waals surface area contributed by atoms with Gasteiger partial charge in [-0.2, -0.15) is 0 Å². The Morgan fingerprint density at radius 3 is 3.06 bits per heavy atom. The quantitative estimate of drug-likeness (QED) is 0.406. The molecule has 0 unspecified atom stereocenters. The molecule has 0 saturated carbocycles. The van der Waals surface area contributed by atoms with Gasteiger partial charge in [-0.1, -0.05) is 12.2 Å². The highest BCUT2D eigenvalue weighted by Gasteiger charge is 2.22. The van der Waals surface area contributed by atoms with E-state index in [2.05, 4.69) is 4.74 Å². The van der Waals surface area contributed by atoms with E-state index in [4.69, 9.17) is 4.74 Å². The summed E-state index contributed by atoms with van der Waals surface area (Å²) in [6.07, 6.45) is 8.75. The topological polar surface area (TPSA) is 52.6 Å². The lowest BCUT2D eigenvalue weighted by molar-refractivity contribution is -0.152. The average molecular weight is 240 g/mol. The number of hydrogen-bond acceptors (Lipinski definition) is 4.